The first-order chi connectivity index (χ1) is 9.39. The zero-order valence-electron chi connectivity index (χ0n) is 13.3. The smallest absolute Gasteiger partial charge is 0.122 e. The van der Waals surface area contributed by atoms with E-state index in [9.17, 15) is 5.11 Å². The molecule has 0 amide bonds. The lowest BCUT2D eigenvalue weighted by atomic mass is 9.84. The molecule has 112 valence electrons. The number of phenolic OH excluding ortho intramolecular Hbond substituents is 1. The second-order valence-electron chi connectivity index (χ2n) is 6.85. The zero-order valence-corrected chi connectivity index (χ0v) is 13.3. The van der Waals surface area contributed by atoms with Gasteiger partial charge >= 0.3 is 0 Å². The van der Waals surface area contributed by atoms with Crippen LogP contribution in [0.25, 0.3) is 0 Å². The maximum atomic E-state index is 10.6. The first-order valence-corrected chi connectivity index (χ1v) is 7.64. The monoisotopic (exact) mass is 276 g/mol. The SMILES string of the molecule is Cc1ccc(C(C)(C)C)c(O)c1CCN1CCNCC1. The molecule has 1 aromatic rings. The molecule has 2 rings (SSSR count). The molecule has 0 radical (unpaired) electrons. The van der Waals surface area contributed by atoms with E-state index in [1.807, 2.05) is 0 Å². The summed E-state index contributed by atoms with van der Waals surface area (Å²) in [5.74, 6) is 0.507. The Hall–Kier alpha value is -1.06. The number of phenols is 1. The molecular formula is C17H28N2O. The third-order valence-corrected chi connectivity index (χ3v) is 4.21. The van der Waals surface area contributed by atoms with Crippen LogP contribution in [0, 0.1) is 6.92 Å². The lowest BCUT2D eigenvalue weighted by Gasteiger charge is -2.28. The summed E-state index contributed by atoms with van der Waals surface area (Å²) in [5, 5.41) is 14.0. The number of piperazine rings is 1. The van der Waals surface area contributed by atoms with E-state index in [1.54, 1.807) is 0 Å². The normalized spacial score (nSPS) is 17.4. The number of nitrogens with zero attached hydrogens (tertiary/aromatic N) is 1. The van der Waals surface area contributed by atoms with Crippen LogP contribution in [0.2, 0.25) is 0 Å². The predicted molar refractivity (Wildman–Crippen MR) is 84.6 cm³/mol. The summed E-state index contributed by atoms with van der Waals surface area (Å²) in [7, 11) is 0. The van der Waals surface area contributed by atoms with Crippen molar-refractivity contribution in [3.05, 3.63) is 28.8 Å². The molecule has 1 aromatic carbocycles. The molecule has 20 heavy (non-hydrogen) atoms. The van der Waals surface area contributed by atoms with Crippen LogP contribution in [0.5, 0.6) is 5.75 Å². The van der Waals surface area contributed by atoms with Gasteiger partial charge in [0.2, 0.25) is 0 Å². The zero-order chi connectivity index (χ0) is 14.8. The van der Waals surface area contributed by atoms with E-state index in [-0.39, 0.29) is 5.41 Å². The summed E-state index contributed by atoms with van der Waals surface area (Å²) >= 11 is 0. The van der Waals surface area contributed by atoms with E-state index in [0.29, 0.717) is 5.75 Å². The van der Waals surface area contributed by atoms with Crippen molar-refractivity contribution in [3.63, 3.8) is 0 Å². The molecule has 0 atom stereocenters. The molecule has 0 bridgehead atoms. The maximum Gasteiger partial charge on any atom is 0.122 e. The van der Waals surface area contributed by atoms with Crippen LogP contribution in [-0.2, 0) is 11.8 Å². The van der Waals surface area contributed by atoms with Crippen LogP contribution >= 0.6 is 0 Å². The van der Waals surface area contributed by atoms with E-state index in [1.165, 1.54) is 5.56 Å². The topological polar surface area (TPSA) is 35.5 Å². The summed E-state index contributed by atoms with van der Waals surface area (Å²) in [6.07, 6.45) is 0.932. The standard InChI is InChI=1S/C17H28N2O/c1-13-5-6-15(17(2,3)4)16(20)14(13)7-10-19-11-8-18-9-12-19/h5-6,18,20H,7-12H2,1-4H3. The Labute approximate surface area is 123 Å². The molecule has 0 unspecified atom stereocenters. The molecular weight excluding hydrogens is 248 g/mol. The van der Waals surface area contributed by atoms with Gasteiger partial charge in [-0.05, 0) is 35.4 Å². The van der Waals surface area contributed by atoms with Crippen LogP contribution in [-0.4, -0.2) is 42.7 Å². The van der Waals surface area contributed by atoms with Crippen LogP contribution in [0.1, 0.15) is 37.5 Å². The van der Waals surface area contributed by atoms with Gasteiger partial charge in [0.05, 0.1) is 0 Å². The van der Waals surface area contributed by atoms with Gasteiger partial charge in [-0.2, -0.15) is 0 Å². The van der Waals surface area contributed by atoms with Crippen molar-refractivity contribution in [2.24, 2.45) is 0 Å². The van der Waals surface area contributed by atoms with E-state index >= 15 is 0 Å². The molecule has 1 saturated heterocycles. The lowest BCUT2D eigenvalue weighted by Crippen LogP contribution is -2.44. The van der Waals surface area contributed by atoms with Crippen molar-refractivity contribution in [1.82, 2.24) is 10.2 Å². The van der Waals surface area contributed by atoms with E-state index in [2.05, 4.69) is 50.0 Å². The fourth-order valence-corrected chi connectivity index (χ4v) is 2.86. The van der Waals surface area contributed by atoms with Gasteiger partial charge < -0.3 is 15.3 Å². The molecule has 2 N–H and O–H groups in total. The van der Waals surface area contributed by atoms with Gasteiger partial charge in [0.15, 0.2) is 0 Å². The lowest BCUT2D eigenvalue weighted by molar-refractivity contribution is 0.243. The van der Waals surface area contributed by atoms with Crippen molar-refractivity contribution in [1.29, 1.82) is 0 Å². The third kappa shape index (κ3) is 3.53. The molecule has 1 heterocycles. The Bertz CT molecular complexity index is 457. The van der Waals surface area contributed by atoms with Crippen LogP contribution in [0.15, 0.2) is 12.1 Å². The summed E-state index contributed by atoms with van der Waals surface area (Å²) in [6, 6.07) is 4.21. The summed E-state index contributed by atoms with van der Waals surface area (Å²) in [5.41, 5.74) is 3.36. The molecule has 1 fully saturated rings. The van der Waals surface area contributed by atoms with Crippen molar-refractivity contribution in [2.75, 3.05) is 32.7 Å². The van der Waals surface area contributed by atoms with Crippen molar-refractivity contribution < 1.29 is 5.11 Å². The Kier molecular flexibility index (Phi) is 4.71. The van der Waals surface area contributed by atoms with Gasteiger partial charge in [-0.1, -0.05) is 32.9 Å². The number of rotatable bonds is 3. The largest absolute Gasteiger partial charge is 0.507 e. The van der Waals surface area contributed by atoms with E-state index in [0.717, 1.165) is 50.3 Å². The number of aromatic hydroxyl groups is 1. The Morgan fingerprint density at radius 2 is 1.85 bits per heavy atom. The quantitative estimate of drug-likeness (QED) is 0.890. The van der Waals surface area contributed by atoms with Gasteiger partial charge in [-0.25, -0.2) is 0 Å². The van der Waals surface area contributed by atoms with Crippen molar-refractivity contribution >= 4 is 0 Å². The van der Waals surface area contributed by atoms with Gasteiger partial charge in [0, 0.05) is 32.7 Å². The van der Waals surface area contributed by atoms with Gasteiger partial charge in [-0.3, -0.25) is 0 Å². The molecule has 0 aliphatic carbocycles. The molecule has 3 heteroatoms. The highest BCUT2D eigenvalue weighted by atomic mass is 16.3. The van der Waals surface area contributed by atoms with Gasteiger partial charge in [-0.15, -0.1) is 0 Å². The molecule has 0 aromatic heterocycles. The fraction of sp³-hybridized carbons (Fsp3) is 0.647. The first kappa shape index (κ1) is 15.3. The van der Waals surface area contributed by atoms with Crippen molar-refractivity contribution in [2.45, 2.75) is 39.5 Å². The van der Waals surface area contributed by atoms with Crippen molar-refractivity contribution in [3.8, 4) is 5.75 Å². The van der Waals surface area contributed by atoms with Crippen LogP contribution in [0.4, 0.5) is 0 Å². The Morgan fingerprint density at radius 3 is 2.45 bits per heavy atom. The molecule has 1 aliphatic rings. The number of hydrogen-bond acceptors (Lipinski definition) is 3. The number of hydrogen-bond donors (Lipinski definition) is 2. The first-order valence-electron chi connectivity index (χ1n) is 7.64. The molecule has 0 spiro atoms. The highest BCUT2D eigenvalue weighted by molar-refractivity contribution is 5.48. The van der Waals surface area contributed by atoms with E-state index < -0.39 is 0 Å². The second-order valence-corrected chi connectivity index (χ2v) is 6.85. The van der Waals surface area contributed by atoms with Crippen LogP contribution in [0.3, 0.4) is 0 Å². The maximum absolute atomic E-state index is 10.6. The van der Waals surface area contributed by atoms with E-state index in [4.69, 9.17) is 0 Å². The summed E-state index contributed by atoms with van der Waals surface area (Å²) < 4.78 is 0. The van der Waals surface area contributed by atoms with Crippen LogP contribution < -0.4 is 5.32 Å². The average Bonchev–Trinajstić information content (AvgIpc) is 2.38. The minimum Gasteiger partial charge on any atom is -0.507 e. The van der Waals surface area contributed by atoms with Gasteiger partial charge in [0.25, 0.3) is 0 Å². The highest BCUT2D eigenvalue weighted by Crippen LogP contribution is 2.35. The number of aryl methyl sites for hydroxylation is 1. The minimum atomic E-state index is -0.0123. The predicted octanol–water partition coefficient (Wildman–Crippen LogP) is 2.45. The number of benzene rings is 1. The second kappa shape index (κ2) is 6.15. The Balaban J connectivity index is 2.14. The average molecular weight is 276 g/mol. The summed E-state index contributed by atoms with van der Waals surface area (Å²) in [6.45, 7) is 14.0. The minimum absolute atomic E-state index is 0.0123. The molecule has 3 nitrogen and oxygen atoms in total. The highest BCUT2D eigenvalue weighted by Gasteiger charge is 2.21. The molecule has 1 aliphatic heterocycles. The number of nitrogens with one attached hydrogen (secondary N) is 1. The van der Waals surface area contributed by atoms with Gasteiger partial charge in [0.1, 0.15) is 5.75 Å². The third-order valence-electron chi connectivity index (χ3n) is 4.21. The fourth-order valence-electron chi connectivity index (χ4n) is 2.86. The Morgan fingerprint density at radius 1 is 1.20 bits per heavy atom. The summed E-state index contributed by atoms with van der Waals surface area (Å²) in [4.78, 5) is 2.47. The molecule has 0 saturated carbocycles.